The van der Waals surface area contributed by atoms with Crippen LogP contribution in [-0.4, -0.2) is 31.6 Å². The van der Waals surface area contributed by atoms with Crippen molar-refractivity contribution in [2.45, 2.75) is 25.8 Å². The molecule has 0 saturated heterocycles. The number of rotatable bonds is 4. The van der Waals surface area contributed by atoms with Crippen LogP contribution in [-0.2, 0) is 0 Å². The van der Waals surface area contributed by atoms with Crippen LogP contribution in [0.4, 0.5) is 0 Å². The fourth-order valence-corrected chi connectivity index (χ4v) is 0.920. The van der Waals surface area contributed by atoms with Gasteiger partial charge >= 0.3 is 0 Å². The molecule has 9 heavy (non-hydrogen) atoms. The lowest BCUT2D eigenvalue weighted by atomic mass is 10.1. The van der Waals surface area contributed by atoms with Crippen molar-refractivity contribution in [3.8, 4) is 0 Å². The summed E-state index contributed by atoms with van der Waals surface area (Å²) in [6.07, 6.45) is 2.43. The van der Waals surface area contributed by atoms with Gasteiger partial charge in [-0.2, -0.15) is 0 Å². The highest BCUT2D eigenvalue weighted by Gasteiger charge is 2.05. The van der Waals surface area contributed by atoms with Crippen molar-refractivity contribution >= 4 is 0 Å². The predicted octanol–water partition coefficient (Wildman–Crippen LogP) is 0.675. The molecule has 0 aliphatic carbocycles. The lowest BCUT2D eigenvalue weighted by Crippen LogP contribution is -2.34. The van der Waals surface area contributed by atoms with E-state index < -0.39 is 0 Å². The highest BCUT2D eigenvalue weighted by molar-refractivity contribution is 4.64. The Hall–Kier alpha value is -0.0800. The summed E-state index contributed by atoms with van der Waals surface area (Å²) in [7, 11) is 4.15. The zero-order valence-electron chi connectivity index (χ0n) is 6.72. The van der Waals surface area contributed by atoms with Crippen molar-refractivity contribution in [3.63, 3.8) is 0 Å². The fourth-order valence-electron chi connectivity index (χ4n) is 0.920. The Labute approximate surface area is 58.0 Å². The van der Waals surface area contributed by atoms with Crippen LogP contribution in [0.3, 0.4) is 0 Å². The third-order valence-corrected chi connectivity index (χ3v) is 1.62. The number of hydrogen-bond donors (Lipinski definition) is 1. The molecule has 1 atom stereocenters. The van der Waals surface area contributed by atoms with E-state index in [0.29, 0.717) is 6.04 Å². The smallest absolute Gasteiger partial charge is 0.0212 e. The number of likely N-dealkylation sites (N-methyl/N-ethyl adjacent to an activating group) is 1. The maximum atomic E-state index is 5.52. The van der Waals surface area contributed by atoms with E-state index in [1.54, 1.807) is 0 Å². The van der Waals surface area contributed by atoms with Crippen LogP contribution in [0.2, 0.25) is 0 Å². The summed E-state index contributed by atoms with van der Waals surface area (Å²) < 4.78 is 0. The van der Waals surface area contributed by atoms with Crippen molar-refractivity contribution in [2.24, 2.45) is 5.73 Å². The first kappa shape index (κ1) is 8.92. The molecule has 0 fully saturated rings. The van der Waals surface area contributed by atoms with Crippen LogP contribution in [0, 0.1) is 0 Å². The minimum atomic E-state index is 0.579. The predicted molar refractivity (Wildman–Crippen MR) is 41.4 cm³/mol. The standard InChI is InChI=1S/C7H18N2/c1-4-5-7(6-8)9(2)3/h7H,4-6,8H2,1-3H3/t7-/m0/s1. The van der Waals surface area contributed by atoms with E-state index >= 15 is 0 Å². The summed E-state index contributed by atoms with van der Waals surface area (Å²) in [6.45, 7) is 2.97. The average Bonchev–Trinajstić information content (AvgIpc) is 1.82. The van der Waals surface area contributed by atoms with Crippen molar-refractivity contribution in [2.75, 3.05) is 20.6 Å². The number of hydrogen-bond acceptors (Lipinski definition) is 2. The summed E-state index contributed by atoms with van der Waals surface area (Å²) in [6, 6.07) is 0.579. The molecule has 0 saturated carbocycles. The van der Waals surface area contributed by atoms with Gasteiger partial charge in [-0.1, -0.05) is 13.3 Å². The largest absolute Gasteiger partial charge is 0.329 e. The molecule has 0 aromatic rings. The zero-order chi connectivity index (χ0) is 7.28. The summed E-state index contributed by atoms with van der Waals surface area (Å²) in [5, 5.41) is 0. The van der Waals surface area contributed by atoms with E-state index in [4.69, 9.17) is 5.73 Å². The minimum absolute atomic E-state index is 0.579. The second kappa shape index (κ2) is 4.77. The van der Waals surface area contributed by atoms with Gasteiger partial charge in [0, 0.05) is 12.6 Å². The van der Waals surface area contributed by atoms with E-state index in [2.05, 4.69) is 25.9 Å². The normalized spacial score (nSPS) is 14.3. The molecule has 0 heterocycles. The molecule has 0 amide bonds. The third kappa shape index (κ3) is 3.49. The Morgan fingerprint density at radius 3 is 2.11 bits per heavy atom. The molecule has 0 unspecified atom stereocenters. The first-order chi connectivity index (χ1) is 4.22. The van der Waals surface area contributed by atoms with Crippen molar-refractivity contribution in [1.29, 1.82) is 0 Å². The molecule has 0 bridgehead atoms. The molecule has 2 heteroatoms. The topological polar surface area (TPSA) is 29.3 Å². The van der Waals surface area contributed by atoms with Gasteiger partial charge in [-0.15, -0.1) is 0 Å². The zero-order valence-corrected chi connectivity index (χ0v) is 6.72. The molecule has 56 valence electrons. The van der Waals surface area contributed by atoms with Crippen LogP contribution >= 0.6 is 0 Å². The van der Waals surface area contributed by atoms with Gasteiger partial charge in [-0.05, 0) is 20.5 Å². The average molecular weight is 130 g/mol. The van der Waals surface area contributed by atoms with Crippen LogP contribution in [0.15, 0.2) is 0 Å². The maximum Gasteiger partial charge on any atom is 0.0212 e. The Kier molecular flexibility index (Phi) is 4.72. The van der Waals surface area contributed by atoms with Gasteiger partial charge in [0.15, 0.2) is 0 Å². The SMILES string of the molecule is CCC[C@@H](CN)N(C)C. The molecular weight excluding hydrogens is 112 g/mol. The molecule has 0 aromatic carbocycles. The lowest BCUT2D eigenvalue weighted by Gasteiger charge is -2.21. The van der Waals surface area contributed by atoms with Gasteiger partial charge in [0.1, 0.15) is 0 Å². The van der Waals surface area contributed by atoms with Crippen LogP contribution in [0.25, 0.3) is 0 Å². The molecule has 0 spiro atoms. The Bertz CT molecular complexity index is 61.9. The summed E-state index contributed by atoms with van der Waals surface area (Å²) in [4.78, 5) is 2.18. The van der Waals surface area contributed by atoms with Crippen LogP contribution < -0.4 is 5.73 Å². The highest BCUT2D eigenvalue weighted by atomic mass is 15.1. The second-order valence-corrected chi connectivity index (χ2v) is 2.64. The molecular formula is C7H18N2. The van der Waals surface area contributed by atoms with Gasteiger partial charge in [0.2, 0.25) is 0 Å². The quantitative estimate of drug-likeness (QED) is 0.606. The molecule has 2 nitrogen and oxygen atoms in total. The molecule has 0 radical (unpaired) electrons. The monoisotopic (exact) mass is 130 g/mol. The molecule has 0 rings (SSSR count). The summed E-state index contributed by atoms with van der Waals surface area (Å²) >= 11 is 0. The molecule has 0 aromatic heterocycles. The Morgan fingerprint density at radius 1 is 1.44 bits per heavy atom. The van der Waals surface area contributed by atoms with Crippen molar-refractivity contribution in [3.05, 3.63) is 0 Å². The summed E-state index contributed by atoms with van der Waals surface area (Å²) in [5.74, 6) is 0. The van der Waals surface area contributed by atoms with E-state index in [9.17, 15) is 0 Å². The molecule has 0 aliphatic heterocycles. The van der Waals surface area contributed by atoms with Crippen molar-refractivity contribution < 1.29 is 0 Å². The van der Waals surface area contributed by atoms with E-state index in [0.717, 1.165) is 6.54 Å². The van der Waals surface area contributed by atoms with Gasteiger partial charge in [-0.25, -0.2) is 0 Å². The van der Waals surface area contributed by atoms with Crippen molar-refractivity contribution in [1.82, 2.24) is 4.90 Å². The first-order valence-corrected chi connectivity index (χ1v) is 3.58. The summed E-state index contributed by atoms with van der Waals surface area (Å²) in [5.41, 5.74) is 5.52. The number of nitrogens with zero attached hydrogens (tertiary/aromatic N) is 1. The van der Waals surface area contributed by atoms with Gasteiger partial charge in [0.05, 0.1) is 0 Å². The highest BCUT2D eigenvalue weighted by Crippen LogP contribution is 1.99. The van der Waals surface area contributed by atoms with Gasteiger partial charge in [-0.3, -0.25) is 0 Å². The third-order valence-electron chi connectivity index (χ3n) is 1.62. The molecule has 2 N–H and O–H groups in total. The Morgan fingerprint density at radius 2 is 2.00 bits per heavy atom. The minimum Gasteiger partial charge on any atom is -0.329 e. The molecule has 0 aliphatic rings. The number of nitrogens with two attached hydrogens (primary N) is 1. The first-order valence-electron chi connectivity index (χ1n) is 3.58. The van der Waals surface area contributed by atoms with Gasteiger partial charge < -0.3 is 10.6 Å². The second-order valence-electron chi connectivity index (χ2n) is 2.64. The van der Waals surface area contributed by atoms with E-state index in [1.807, 2.05) is 0 Å². The lowest BCUT2D eigenvalue weighted by molar-refractivity contribution is 0.283. The van der Waals surface area contributed by atoms with Crippen LogP contribution in [0.1, 0.15) is 19.8 Å². The van der Waals surface area contributed by atoms with E-state index in [-0.39, 0.29) is 0 Å². The maximum absolute atomic E-state index is 5.52. The van der Waals surface area contributed by atoms with E-state index in [1.165, 1.54) is 12.8 Å². The fraction of sp³-hybridized carbons (Fsp3) is 1.00. The Balaban J connectivity index is 3.41. The van der Waals surface area contributed by atoms with Gasteiger partial charge in [0.25, 0.3) is 0 Å². The van der Waals surface area contributed by atoms with Crippen LogP contribution in [0.5, 0.6) is 0 Å².